The van der Waals surface area contributed by atoms with Crippen LogP contribution in [0.1, 0.15) is 16.7 Å². The Balaban J connectivity index is 1.63. The number of nitrogens with one attached hydrogen (secondary N) is 1. The van der Waals surface area contributed by atoms with Crippen molar-refractivity contribution in [3.8, 4) is 17.0 Å². The van der Waals surface area contributed by atoms with Gasteiger partial charge in [0.05, 0.1) is 17.7 Å². The molecule has 2 aromatic heterocycles. The number of methoxy groups -OCH3 is 1. The van der Waals surface area contributed by atoms with Crippen LogP contribution in [0.5, 0.6) is 5.75 Å². The predicted octanol–water partition coefficient (Wildman–Crippen LogP) is 3.53. The van der Waals surface area contributed by atoms with Gasteiger partial charge in [0.15, 0.2) is 5.65 Å². The molecule has 0 bridgehead atoms. The minimum Gasteiger partial charge on any atom is -0.496 e. The summed E-state index contributed by atoms with van der Waals surface area (Å²) in [5, 5.41) is 12.2. The molecule has 0 saturated heterocycles. The topological polar surface area (TPSA) is 98.5 Å². The molecule has 1 N–H and O–H groups in total. The molecule has 0 saturated carbocycles. The summed E-state index contributed by atoms with van der Waals surface area (Å²) in [5.74, 6) is 0.702. The van der Waals surface area contributed by atoms with Gasteiger partial charge < -0.3 is 4.74 Å². The van der Waals surface area contributed by atoms with Crippen molar-refractivity contribution in [3.63, 3.8) is 0 Å². The van der Waals surface area contributed by atoms with Crippen molar-refractivity contribution in [2.75, 3.05) is 11.8 Å². The third-order valence-electron chi connectivity index (χ3n) is 5.07. The van der Waals surface area contributed by atoms with Crippen LogP contribution in [0.15, 0.2) is 53.7 Å². The van der Waals surface area contributed by atoms with Crippen molar-refractivity contribution in [2.24, 2.45) is 0 Å². The molecule has 8 nitrogen and oxygen atoms in total. The number of sulfonamides is 1. The van der Waals surface area contributed by atoms with Crippen LogP contribution in [0.2, 0.25) is 0 Å². The monoisotopic (exact) mass is 423 g/mol. The predicted molar refractivity (Wildman–Crippen MR) is 114 cm³/mol. The van der Waals surface area contributed by atoms with E-state index in [9.17, 15) is 8.42 Å². The number of hydrogen-bond donors (Lipinski definition) is 1. The summed E-state index contributed by atoms with van der Waals surface area (Å²) in [4.78, 5) is 0.238. The summed E-state index contributed by atoms with van der Waals surface area (Å²) >= 11 is 0. The van der Waals surface area contributed by atoms with E-state index >= 15 is 0 Å². The van der Waals surface area contributed by atoms with Gasteiger partial charge in [-0.25, -0.2) is 8.42 Å². The molecule has 4 rings (SSSR count). The highest BCUT2D eigenvalue weighted by Gasteiger charge is 2.21. The molecule has 0 aliphatic heterocycles. The Bertz CT molecular complexity index is 1350. The van der Waals surface area contributed by atoms with Crippen LogP contribution in [-0.2, 0) is 10.0 Å². The number of aromatic nitrogens is 4. The summed E-state index contributed by atoms with van der Waals surface area (Å²) in [6.45, 7) is 5.47. The van der Waals surface area contributed by atoms with Crippen molar-refractivity contribution >= 4 is 21.4 Å². The Morgan fingerprint density at radius 3 is 2.43 bits per heavy atom. The van der Waals surface area contributed by atoms with Crippen LogP contribution in [0, 0.1) is 20.8 Å². The fraction of sp³-hybridized carbons (Fsp3) is 0.190. The fourth-order valence-corrected chi connectivity index (χ4v) is 4.86. The van der Waals surface area contributed by atoms with Crippen molar-refractivity contribution in [1.29, 1.82) is 0 Å². The van der Waals surface area contributed by atoms with E-state index in [2.05, 4.69) is 20.0 Å². The van der Waals surface area contributed by atoms with Crippen molar-refractivity contribution in [2.45, 2.75) is 25.7 Å². The number of ether oxygens (including phenoxy) is 1. The number of anilines is 1. The first-order valence-corrected chi connectivity index (χ1v) is 10.7. The molecule has 0 amide bonds. The quantitative estimate of drug-likeness (QED) is 0.527. The van der Waals surface area contributed by atoms with E-state index in [0.29, 0.717) is 22.6 Å². The van der Waals surface area contributed by atoms with Gasteiger partial charge in [-0.2, -0.15) is 9.61 Å². The SMILES string of the molecule is COc1c(C)cc(S(=O)(=O)Nc2ccc(-c3ccc4nncn4n3)cc2)c(C)c1C. The van der Waals surface area contributed by atoms with Gasteiger partial charge in [0.2, 0.25) is 0 Å². The number of aryl methyl sites for hydroxylation is 1. The average Bonchev–Trinajstić information content (AvgIpc) is 3.19. The second-order valence-corrected chi connectivity index (χ2v) is 8.66. The lowest BCUT2D eigenvalue weighted by molar-refractivity contribution is 0.407. The normalized spacial score (nSPS) is 11.6. The molecule has 0 unspecified atom stereocenters. The lowest BCUT2D eigenvalue weighted by Gasteiger charge is -2.16. The standard InChI is InChI=1S/C21H21N5O3S/c1-13-11-19(14(2)15(3)21(13)29-4)30(27,28)25-17-7-5-16(6-8-17)18-9-10-20-23-22-12-26(20)24-18/h5-12,25H,1-4H3. The zero-order chi connectivity index (χ0) is 21.5. The van der Waals surface area contributed by atoms with Crippen LogP contribution < -0.4 is 9.46 Å². The van der Waals surface area contributed by atoms with Crippen molar-refractivity contribution in [1.82, 2.24) is 19.8 Å². The maximum absolute atomic E-state index is 13.0. The molecule has 2 heterocycles. The van der Waals surface area contributed by atoms with E-state index in [1.54, 1.807) is 36.7 Å². The van der Waals surface area contributed by atoms with Gasteiger partial charge in [-0.05, 0) is 67.8 Å². The van der Waals surface area contributed by atoms with E-state index in [0.717, 1.165) is 22.4 Å². The van der Waals surface area contributed by atoms with E-state index in [4.69, 9.17) is 4.74 Å². The third-order valence-corrected chi connectivity index (χ3v) is 6.57. The van der Waals surface area contributed by atoms with Crippen LogP contribution >= 0.6 is 0 Å². The smallest absolute Gasteiger partial charge is 0.262 e. The second kappa shape index (κ2) is 7.42. The zero-order valence-electron chi connectivity index (χ0n) is 17.0. The van der Waals surface area contributed by atoms with Gasteiger partial charge in [-0.1, -0.05) is 12.1 Å². The Morgan fingerprint density at radius 1 is 1.00 bits per heavy atom. The highest BCUT2D eigenvalue weighted by atomic mass is 32.2. The highest BCUT2D eigenvalue weighted by molar-refractivity contribution is 7.92. The zero-order valence-corrected chi connectivity index (χ0v) is 17.9. The van der Waals surface area contributed by atoms with E-state index < -0.39 is 10.0 Å². The minimum atomic E-state index is -3.75. The summed E-state index contributed by atoms with van der Waals surface area (Å²) in [6.07, 6.45) is 1.53. The van der Waals surface area contributed by atoms with Crippen LogP contribution in [0.4, 0.5) is 5.69 Å². The van der Waals surface area contributed by atoms with E-state index in [1.807, 2.05) is 38.1 Å². The first-order chi connectivity index (χ1) is 14.3. The van der Waals surface area contributed by atoms with Crippen molar-refractivity contribution in [3.05, 3.63) is 65.5 Å². The van der Waals surface area contributed by atoms with Crippen LogP contribution in [0.25, 0.3) is 16.9 Å². The molecular formula is C21H21N5O3S. The molecule has 154 valence electrons. The average molecular weight is 423 g/mol. The molecule has 0 aliphatic rings. The number of benzene rings is 2. The molecule has 2 aromatic carbocycles. The Labute approximate surface area is 174 Å². The van der Waals surface area contributed by atoms with Crippen molar-refractivity contribution < 1.29 is 13.2 Å². The molecule has 0 spiro atoms. The first kappa shape index (κ1) is 19.8. The molecule has 9 heteroatoms. The molecule has 0 radical (unpaired) electrons. The lowest BCUT2D eigenvalue weighted by atomic mass is 10.1. The number of fused-ring (bicyclic) bond motifs is 1. The Morgan fingerprint density at radius 2 is 1.73 bits per heavy atom. The largest absolute Gasteiger partial charge is 0.496 e. The molecule has 0 atom stereocenters. The van der Waals surface area contributed by atoms with E-state index in [1.165, 1.54) is 6.33 Å². The third kappa shape index (κ3) is 3.48. The number of rotatable bonds is 5. The number of hydrogen-bond acceptors (Lipinski definition) is 6. The Kier molecular flexibility index (Phi) is 4.90. The minimum absolute atomic E-state index is 0.238. The van der Waals surface area contributed by atoms with Gasteiger partial charge in [0.25, 0.3) is 10.0 Å². The molecular weight excluding hydrogens is 402 g/mol. The van der Waals surface area contributed by atoms with Crippen LogP contribution in [-0.4, -0.2) is 35.3 Å². The summed E-state index contributed by atoms with van der Waals surface area (Å²) in [7, 11) is -2.17. The van der Waals surface area contributed by atoms with E-state index in [-0.39, 0.29) is 4.90 Å². The van der Waals surface area contributed by atoms with Gasteiger partial charge in [-0.15, -0.1) is 10.2 Å². The summed E-state index contributed by atoms with van der Waals surface area (Å²) < 4.78 is 35.7. The Hall–Kier alpha value is -3.46. The summed E-state index contributed by atoms with van der Waals surface area (Å²) in [6, 6.07) is 12.4. The lowest BCUT2D eigenvalue weighted by Crippen LogP contribution is -2.15. The maximum atomic E-state index is 13.0. The summed E-state index contributed by atoms with van der Waals surface area (Å²) in [5.41, 5.74) is 4.94. The molecule has 30 heavy (non-hydrogen) atoms. The van der Waals surface area contributed by atoms with Gasteiger partial charge in [-0.3, -0.25) is 4.72 Å². The van der Waals surface area contributed by atoms with Gasteiger partial charge in [0.1, 0.15) is 12.1 Å². The molecule has 0 fully saturated rings. The first-order valence-electron chi connectivity index (χ1n) is 9.25. The van der Waals surface area contributed by atoms with Crippen LogP contribution in [0.3, 0.4) is 0 Å². The second-order valence-electron chi connectivity index (χ2n) is 7.01. The molecule has 0 aliphatic carbocycles. The van der Waals surface area contributed by atoms with Gasteiger partial charge >= 0.3 is 0 Å². The fourth-order valence-electron chi connectivity index (χ4n) is 3.42. The van der Waals surface area contributed by atoms with Gasteiger partial charge in [0, 0.05) is 11.3 Å². The highest BCUT2D eigenvalue weighted by Crippen LogP contribution is 2.32. The molecule has 4 aromatic rings. The maximum Gasteiger partial charge on any atom is 0.262 e. The number of nitrogens with zero attached hydrogens (tertiary/aromatic N) is 4.